The van der Waals surface area contributed by atoms with Crippen LogP contribution < -0.4 is 9.64 Å². The SMILES string of the molecule is COc1ccc(N(c2ccc3c(c2)c2cccc4c2n3-c2ccccc2C4(C)C)c2cc3ccccc3c3ccccc23)cc1. The van der Waals surface area contributed by atoms with Gasteiger partial charge in [-0.15, -0.1) is 0 Å². The fraction of sp³-hybridized carbons (Fsp3) is 0.0952. The minimum atomic E-state index is -0.0948. The molecule has 7 aromatic carbocycles. The Morgan fingerprint density at radius 2 is 1.22 bits per heavy atom. The topological polar surface area (TPSA) is 17.4 Å². The van der Waals surface area contributed by atoms with Crippen molar-refractivity contribution in [1.29, 1.82) is 0 Å². The van der Waals surface area contributed by atoms with Crippen LogP contribution in [0.15, 0.2) is 140 Å². The van der Waals surface area contributed by atoms with Crippen LogP contribution in [0.1, 0.15) is 25.0 Å². The van der Waals surface area contributed by atoms with Crippen molar-refractivity contribution < 1.29 is 4.74 Å². The predicted octanol–water partition coefficient (Wildman–Crippen LogP) is 11.2. The summed E-state index contributed by atoms with van der Waals surface area (Å²) in [5.41, 5.74) is 9.76. The van der Waals surface area contributed by atoms with Gasteiger partial charge >= 0.3 is 0 Å². The third-order valence-corrected chi connectivity index (χ3v) is 9.84. The number of anilines is 3. The molecule has 0 radical (unpaired) electrons. The summed E-state index contributed by atoms with van der Waals surface area (Å²) in [7, 11) is 1.72. The van der Waals surface area contributed by atoms with E-state index in [0.29, 0.717) is 0 Å². The smallest absolute Gasteiger partial charge is 0.119 e. The van der Waals surface area contributed by atoms with Crippen molar-refractivity contribution >= 4 is 60.4 Å². The van der Waals surface area contributed by atoms with E-state index in [2.05, 4.69) is 151 Å². The van der Waals surface area contributed by atoms with Gasteiger partial charge in [-0.25, -0.2) is 0 Å². The molecule has 2 heterocycles. The van der Waals surface area contributed by atoms with Crippen molar-refractivity contribution in [3.05, 3.63) is 151 Å². The van der Waals surface area contributed by atoms with Crippen molar-refractivity contribution in [3.8, 4) is 11.4 Å². The van der Waals surface area contributed by atoms with E-state index in [9.17, 15) is 0 Å². The van der Waals surface area contributed by atoms with Crippen LogP contribution in [0.25, 0.3) is 49.0 Å². The summed E-state index contributed by atoms with van der Waals surface area (Å²) in [4.78, 5) is 2.40. The van der Waals surface area contributed by atoms with Crippen molar-refractivity contribution in [2.45, 2.75) is 19.3 Å². The second-order valence-corrected chi connectivity index (χ2v) is 12.6. The Hall–Kier alpha value is -5.54. The molecule has 9 rings (SSSR count). The van der Waals surface area contributed by atoms with Gasteiger partial charge in [-0.2, -0.15) is 0 Å². The van der Waals surface area contributed by atoms with E-state index in [4.69, 9.17) is 4.74 Å². The summed E-state index contributed by atoms with van der Waals surface area (Å²) in [6.07, 6.45) is 0. The molecule has 0 atom stereocenters. The number of fused-ring (bicyclic) bond motifs is 8. The average Bonchev–Trinajstić information content (AvgIpc) is 3.42. The predicted molar refractivity (Wildman–Crippen MR) is 189 cm³/mol. The molecule has 0 aliphatic carbocycles. The number of benzene rings is 7. The van der Waals surface area contributed by atoms with Gasteiger partial charge in [0, 0.05) is 32.9 Å². The maximum Gasteiger partial charge on any atom is 0.119 e. The third kappa shape index (κ3) is 3.64. The minimum Gasteiger partial charge on any atom is -0.497 e. The molecule has 1 aromatic heterocycles. The van der Waals surface area contributed by atoms with Crippen LogP contribution in [0.4, 0.5) is 17.1 Å². The molecule has 0 saturated carbocycles. The molecule has 1 aliphatic rings. The number of rotatable bonds is 4. The largest absolute Gasteiger partial charge is 0.497 e. The number of hydrogen-bond acceptors (Lipinski definition) is 2. The maximum absolute atomic E-state index is 5.55. The van der Waals surface area contributed by atoms with E-state index in [1.807, 2.05) is 12.1 Å². The standard InChI is InChI=1S/C42H32N2O/c1-42(2)36-16-8-9-18-39(36)44-38-24-21-29(26-35(38)34-15-10-17-37(42)41(34)44)43(28-19-22-30(45-3)23-20-28)40-25-27-11-4-5-12-31(27)32-13-6-7-14-33(32)40/h4-26H,1-3H3. The Kier molecular flexibility index (Phi) is 5.46. The maximum atomic E-state index is 5.55. The molecule has 0 unspecified atom stereocenters. The number of methoxy groups -OCH3 is 1. The number of ether oxygens (including phenoxy) is 1. The van der Waals surface area contributed by atoms with E-state index >= 15 is 0 Å². The van der Waals surface area contributed by atoms with Gasteiger partial charge in [-0.3, -0.25) is 0 Å². The number of aromatic nitrogens is 1. The summed E-state index contributed by atoms with van der Waals surface area (Å²) in [6.45, 7) is 4.70. The number of para-hydroxylation sites is 2. The molecule has 45 heavy (non-hydrogen) atoms. The zero-order valence-electron chi connectivity index (χ0n) is 25.6. The van der Waals surface area contributed by atoms with Gasteiger partial charge in [-0.1, -0.05) is 98.8 Å². The average molecular weight is 581 g/mol. The molecule has 0 bridgehead atoms. The second-order valence-electron chi connectivity index (χ2n) is 12.6. The first-order chi connectivity index (χ1) is 22.0. The Bertz CT molecular complexity index is 2450. The van der Waals surface area contributed by atoms with Crippen LogP contribution in [0.3, 0.4) is 0 Å². The molecule has 0 amide bonds. The lowest BCUT2D eigenvalue weighted by molar-refractivity contribution is 0.415. The Labute approximate surface area is 262 Å². The Morgan fingerprint density at radius 1 is 0.556 bits per heavy atom. The molecule has 0 saturated heterocycles. The fourth-order valence-electron chi connectivity index (χ4n) is 7.67. The van der Waals surface area contributed by atoms with Crippen LogP contribution in [0.5, 0.6) is 5.75 Å². The van der Waals surface area contributed by atoms with Gasteiger partial charge in [0.05, 0.1) is 29.5 Å². The molecule has 3 heteroatoms. The first-order valence-corrected chi connectivity index (χ1v) is 15.6. The lowest BCUT2D eigenvalue weighted by atomic mass is 9.75. The number of hydrogen-bond donors (Lipinski definition) is 0. The zero-order valence-corrected chi connectivity index (χ0v) is 25.6. The quantitative estimate of drug-likeness (QED) is 0.193. The van der Waals surface area contributed by atoms with Gasteiger partial charge in [0.2, 0.25) is 0 Å². The van der Waals surface area contributed by atoms with E-state index in [-0.39, 0.29) is 5.41 Å². The first kappa shape index (κ1) is 25.9. The summed E-state index contributed by atoms with van der Waals surface area (Å²) < 4.78 is 8.03. The van der Waals surface area contributed by atoms with Crippen LogP contribution in [-0.2, 0) is 5.41 Å². The highest BCUT2D eigenvalue weighted by molar-refractivity contribution is 6.16. The van der Waals surface area contributed by atoms with Gasteiger partial charge < -0.3 is 14.2 Å². The summed E-state index contributed by atoms with van der Waals surface area (Å²) in [5, 5.41) is 7.47. The van der Waals surface area contributed by atoms with Gasteiger partial charge in [0.25, 0.3) is 0 Å². The second kappa shape index (κ2) is 9.48. The molecular formula is C42H32N2O. The van der Waals surface area contributed by atoms with Crippen LogP contribution in [-0.4, -0.2) is 11.7 Å². The lowest BCUT2D eigenvalue weighted by Gasteiger charge is -2.34. The lowest BCUT2D eigenvalue weighted by Crippen LogP contribution is -2.26. The van der Waals surface area contributed by atoms with E-state index < -0.39 is 0 Å². The highest BCUT2D eigenvalue weighted by atomic mass is 16.5. The fourth-order valence-corrected chi connectivity index (χ4v) is 7.67. The molecule has 0 spiro atoms. The molecule has 8 aromatic rings. The third-order valence-electron chi connectivity index (χ3n) is 9.84. The summed E-state index contributed by atoms with van der Waals surface area (Å²) >= 11 is 0. The Balaban J connectivity index is 1.36. The van der Waals surface area contributed by atoms with E-state index in [1.54, 1.807) is 7.11 Å². The van der Waals surface area contributed by atoms with Gasteiger partial charge in [0.1, 0.15) is 5.75 Å². The molecular weight excluding hydrogens is 548 g/mol. The van der Waals surface area contributed by atoms with Crippen molar-refractivity contribution in [3.63, 3.8) is 0 Å². The van der Waals surface area contributed by atoms with Crippen LogP contribution in [0.2, 0.25) is 0 Å². The summed E-state index contributed by atoms with van der Waals surface area (Å²) in [6, 6.07) is 50.8. The van der Waals surface area contributed by atoms with Crippen molar-refractivity contribution in [1.82, 2.24) is 4.57 Å². The molecule has 0 N–H and O–H groups in total. The van der Waals surface area contributed by atoms with E-state index in [0.717, 1.165) is 22.8 Å². The van der Waals surface area contributed by atoms with Crippen LogP contribution in [0, 0.1) is 0 Å². The van der Waals surface area contributed by atoms with E-state index in [1.165, 1.54) is 60.2 Å². The molecule has 216 valence electrons. The molecule has 3 nitrogen and oxygen atoms in total. The molecule has 0 fully saturated rings. The van der Waals surface area contributed by atoms with Crippen LogP contribution >= 0.6 is 0 Å². The van der Waals surface area contributed by atoms with Crippen molar-refractivity contribution in [2.75, 3.05) is 12.0 Å². The molecule has 1 aliphatic heterocycles. The monoisotopic (exact) mass is 580 g/mol. The highest BCUT2D eigenvalue weighted by Crippen LogP contribution is 2.49. The van der Waals surface area contributed by atoms with Gasteiger partial charge in [-0.05, 0) is 81.9 Å². The first-order valence-electron chi connectivity index (χ1n) is 15.6. The normalized spacial score (nSPS) is 13.4. The van der Waals surface area contributed by atoms with Crippen molar-refractivity contribution in [2.24, 2.45) is 0 Å². The van der Waals surface area contributed by atoms with Gasteiger partial charge in [0.15, 0.2) is 0 Å². The minimum absolute atomic E-state index is 0.0948. The summed E-state index contributed by atoms with van der Waals surface area (Å²) in [5.74, 6) is 0.841. The number of nitrogens with zero attached hydrogens (tertiary/aromatic N) is 2. The highest BCUT2D eigenvalue weighted by Gasteiger charge is 2.35. The Morgan fingerprint density at radius 3 is 2.04 bits per heavy atom. The zero-order chi connectivity index (χ0) is 30.3.